The molecule has 0 radical (unpaired) electrons. The van der Waals surface area contributed by atoms with Crippen molar-refractivity contribution < 1.29 is 28.6 Å². The van der Waals surface area contributed by atoms with Gasteiger partial charge in [-0.3, -0.25) is 14.5 Å². The third-order valence-corrected chi connectivity index (χ3v) is 5.85. The number of ether oxygens (including phenoxy) is 3. The summed E-state index contributed by atoms with van der Waals surface area (Å²) in [5, 5.41) is 0.138. The van der Waals surface area contributed by atoms with Gasteiger partial charge in [0.05, 0.1) is 18.1 Å². The topological polar surface area (TPSA) is 82.1 Å². The average molecular weight is 490 g/mol. The molecule has 1 aliphatic rings. The Balaban J connectivity index is 1.78. The van der Waals surface area contributed by atoms with Crippen LogP contribution in [0, 0.1) is 0 Å². The van der Waals surface area contributed by atoms with E-state index in [1.54, 1.807) is 43.3 Å². The van der Waals surface area contributed by atoms with Gasteiger partial charge in [-0.2, -0.15) is 0 Å². The lowest BCUT2D eigenvalue weighted by Gasteiger charge is -2.19. The zero-order valence-corrected chi connectivity index (χ0v) is 20.1. The van der Waals surface area contributed by atoms with E-state index in [1.807, 2.05) is 19.1 Å². The Labute approximate surface area is 201 Å². The first kappa shape index (κ1) is 24.7. The maximum absolute atomic E-state index is 12.8. The van der Waals surface area contributed by atoms with Crippen molar-refractivity contribution in [2.24, 2.45) is 0 Å². The number of esters is 1. The molecular formula is C24H24ClNO6S. The standard InChI is InChI=1S/C24H24ClNO6S/c1-4-30-20-12-17(8-11-19(20)32-14-16-6-9-18(25)10-7-16)13-21-22(27)26(24(29)33-21)15(3)23(28)31-5-2/h6-13,15H,4-5,14H2,1-3H3/b21-13+/t15-/m0/s1. The van der Waals surface area contributed by atoms with Crippen LogP contribution >= 0.6 is 23.4 Å². The van der Waals surface area contributed by atoms with Crippen LogP contribution in [0.25, 0.3) is 6.08 Å². The second kappa shape index (κ2) is 11.2. The summed E-state index contributed by atoms with van der Waals surface area (Å²) >= 11 is 6.70. The van der Waals surface area contributed by atoms with Crippen molar-refractivity contribution in [1.82, 2.24) is 4.90 Å². The molecule has 2 aromatic carbocycles. The van der Waals surface area contributed by atoms with Crippen molar-refractivity contribution in [1.29, 1.82) is 0 Å². The number of benzene rings is 2. The molecule has 2 aromatic rings. The summed E-state index contributed by atoms with van der Waals surface area (Å²) in [6.07, 6.45) is 1.59. The van der Waals surface area contributed by atoms with Crippen LogP contribution in [-0.2, 0) is 20.9 Å². The molecule has 0 spiro atoms. The summed E-state index contributed by atoms with van der Waals surface area (Å²) in [5.41, 5.74) is 1.61. The molecule has 1 fully saturated rings. The van der Waals surface area contributed by atoms with Crippen molar-refractivity contribution in [3.63, 3.8) is 0 Å². The van der Waals surface area contributed by atoms with Crippen LogP contribution in [0.2, 0.25) is 5.02 Å². The first-order valence-corrected chi connectivity index (χ1v) is 11.6. The number of carbonyl (C=O) groups is 3. The molecule has 1 atom stereocenters. The number of carbonyl (C=O) groups excluding carboxylic acids is 3. The highest BCUT2D eigenvalue weighted by atomic mass is 35.5. The minimum Gasteiger partial charge on any atom is -0.490 e. The van der Waals surface area contributed by atoms with Crippen molar-refractivity contribution in [2.45, 2.75) is 33.4 Å². The third kappa shape index (κ3) is 6.09. The Morgan fingerprint density at radius 1 is 1.06 bits per heavy atom. The number of hydrogen-bond acceptors (Lipinski definition) is 7. The molecule has 1 heterocycles. The second-order valence-corrected chi connectivity index (χ2v) is 8.46. The molecule has 2 amide bonds. The number of nitrogens with zero attached hydrogens (tertiary/aromatic N) is 1. The van der Waals surface area contributed by atoms with Crippen LogP contribution in [0.1, 0.15) is 31.9 Å². The van der Waals surface area contributed by atoms with Gasteiger partial charge in [0.2, 0.25) is 0 Å². The zero-order valence-electron chi connectivity index (χ0n) is 18.5. The lowest BCUT2D eigenvalue weighted by Crippen LogP contribution is -2.42. The normalized spacial score (nSPS) is 15.6. The van der Waals surface area contributed by atoms with Crippen LogP contribution < -0.4 is 9.47 Å². The SMILES string of the molecule is CCOC(=O)[C@H](C)N1C(=O)S/C(=C/c2ccc(OCc3ccc(Cl)cc3)c(OCC)c2)C1=O. The molecular weight excluding hydrogens is 466 g/mol. The molecule has 3 rings (SSSR count). The van der Waals surface area contributed by atoms with Crippen molar-refractivity contribution in [3.8, 4) is 11.5 Å². The van der Waals surface area contributed by atoms with Crippen molar-refractivity contribution >= 4 is 46.6 Å². The van der Waals surface area contributed by atoms with E-state index in [1.165, 1.54) is 6.92 Å². The van der Waals surface area contributed by atoms with Gasteiger partial charge in [0.1, 0.15) is 12.6 Å². The number of thioether (sulfide) groups is 1. The molecule has 0 unspecified atom stereocenters. The summed E-state index contributed by atoms with van der Waals surface area (Å²) in [6.45, 7) is 5.92. The molecule has 7 nitrogen and oxygen atoms in total. The Kier molecular flexibility index (Phi) is 8.41. The van der Waals surface area contributed by atoms with Gasteiger partial charge in [-0.05, 0) is 74.0 Å². The number of hydrogen-bond donors (Lipinski definition) is 0. The first-order valence-electron chi connectivity index (χ1n) is 10.4. The Hall–Kier alpha value is -2.97. The highest BCUT2D eigenvalue weighted by Gasteiger charge is 2.41. The Morgan fingerprint density at radius 2 is 1.79 bits per heavy atom. The van der Waals surface area contributed by atoms with E-state index >= 15 is 0 Å². The second-order valence-electron chi connectivity index (χ2n) is 7.03. The summed E-state index contributed by atoms with van der Waals surface area (Å²) in [5.74, 6) is -0.0965. The smallest absolute Gasteiger partial charge is 0.329 e. The van der Waals surface area contributed by atoms with Crippen LogP contribution in [-0.4, -0.2) is 41.3 Å². The van der Waals surface area contributed by atoms with Crippen molar-refractivity contribution in [3.05, 3.63) is 63.5 Å². The van der Waals surface area contributed by atoms with E-state index in [0.717, 1.165) is 22.2 Å². The predicted molar refractivity (Wildman–Crippen MR) is 127 cm³/mol. The molecule has 0 saturated carbocycles. The van der Waals surface area contributed by atoms with E-state index in [9.17, 15) is 14.4 Å². The fraction of sp³-hybridized carbons (Fsp3) is 0.292. The van der Waals surface area contributed by atoms with Gasteiger partial charge in [0.25, 0.3) is 11.1 Å². The number of rotatable bonds is 9. The molecule has 1 saturated heterocycles. The molecule has 0 N–H and O–H groups in total. The van der Waals surface area contributed by atoms with Gasteiger partial charge in [-0.1, -0.05) is 29.8 Å². The zero-order chi connectivity index (χ0) is 24.0. The molecule has 1 aliphatic heterocycles. The van der Waals surface area contributed by atoms with E-state index in [-0.39, 0.29) is 11.5 Å². The Morgan fingerprint density at radius 3 is 2.45 bits per heavy atom. The quantitative estimate of drug-likeness (QED) is 0.349. The molecule has 0 aliphatic carbocycles. The van der Waals surface area contributed by atoms with Crippen LogP contribution in [0.3, 0.4) is 0 Å². The predicted octanol–water partition coefficient (Wildman–Crippen LogP) is 5.31. The maximum Gasteiger partial charge on any atom is 0.329 e. The molecule has 33 heavy (non-hydrogen) atoms. The van der Waals surface area contributed by atoms with E-state index in [2.05, 4.69) is 0 Å². The van der Waals surface area contributed by atoms with Gasteiger partial charge in [-0.25, -0.2) is 4.79 Å². The summed E-state index contributed by atoms with van der Waals surface area (Å²) in [4.78, 5) is 38.3. The maximum atomic E-state index is 12.8. The lowest BCUT2D eigenvalue weighted by atomic mass is 10.1. The molecule has 174 valence electrons. The highest BCUT2D eigenvalue weighted by Crippen LogP contribution is 2.36. The fourth-order valence-corrected chi connectivity index (χ4v) is 4.11. The van der Waals surface area contributed by atoms with Crippen molar-refractivity contribution in [2.75, 3.05) is 13.2 Å². The molecule has 9 heteroatoms. The van der Waals surface area contributed by atoms with Crippen LogP contribution in [0.5, 0.6) is 11.5 Å². The monoisotopic (exact) mass is 489 g/mol. The van der Waals surface area contributed by atoms with E-state index in [4.69, 9.17) is 25.8 Å². The van der Waals surface area contributed by atoms with Gasteiger partial charge in [-0.15, -0.1) is 0 Å². The molecule has 0 aromatic heterocycles. The summed E-state index contributed by atoms with van der Waals surface area (Å²) in [6, 6.07) is 11.6. The van der Waals surface area contributed by atoms with E-state index < -0.39 is 23.2 Å². The highest BCUT2D eigenvalue weighted by molar-refractivity contribution is 8.18. The fourth-order valence-electron chi connectivity index (χ4n) is 3.08. The lowest BCUT2D eigenvalue weighted by molar-refractivity contribution is -0.150. The number of amides is 2. The Bertz CT molecular complexity index is 1070. The summed E-state index contributed by atoms with van der Waals surface area (Å²) in [7, 11) is 0. The number of imide groups is 1. The van der Waals surface area contributed by atoms with Gasteiger partial charge < -0.3 is 14.2 Å². The minimum absolute atomic E-state index is 0.169. The van der Waals surface area contributed by atoms with Gasteiger partial charge in [0.15, 0.2) is 11.5 Å². The summed E-state index contributed by atoms with van der Waals surface area (Å²) < 4.78 is 16.5. The minimum atomic E-state index is -0.994. The van der Waals surface area contributed by atoms with Gasteiger partial charge in [0, 0.05) is 5.02 Å². The number of halogens is 1. The van der Waals surface area contributed by atoms with Gasteiger partial charge >= 0.3 is 5.97 Å². The average Bonchev–Trinajstić information content (AvgIpc) is 3.07. The first-order chi connectivity index (χ1) is 15.8. The van der Waals surface area contributed by atoms with Crippen LogP contribution in [0.4, 0.5) is 4.79 Å². The largest absolute Gasteiger partial charge is 0.490 e. The third-order valence-electron chi connectivity index (χ3n) is 4.71. The van der Waals surface area contributed by atoms with Crippen LogP contribution in [0.15, 0.2) is 47.4 Å². The van der Waals surface area contributed by atoms with E-state index in [0.29, 0.717) is 35.3 Å². The molecule has 0 bridgehead atoms.